The third-order valence-electron chi connectivity index (χ3n) is 7.49. The molecular formula is C26H28O12. The van der Waals surface area contributed by atoms with Crippen LogP contribution in [-0.4, -0.2) is 84.2 Å². The third-order valence-corrected chi connectivity index (χ3v) is 7.49. The lowest BCUT2D eigenvalue weighted by molar-refractivity contribution is -0.277. The van der Waals surface area contributed by atoms with Gasteiger partial charge in [0.15, 0.2) is 23.0 Å². The molecular weight excluding hydrogens is 504 g/mol. The van der Waals surface area contributed by atoms with E-state index in [1.807, 2.05) is 12.1 Å². The van der Waals surface area contributed by atoms with E-state index in [2.05, 4.69) is 0 Å². The summed E-state index contributed by atoms with van der Waals surface area (Å²) in [7, 11) is 1.43. The van der Waals surface area contributed by atoms with Gasteiger partial charge in [0.2, 0.25) is 13.1 Å². The molecule has 38 heavy (non-hydrogen) atoms. The molecule has 2 aromatic carbocycles. The van der Waals surface area contributed by atoms with Crippen molar-refractivity contribution in [1.82, 2.24) is 0 Å². The Morgan fingerprint density at radius 2 is 1.68 bits per heavy atom. The smallest absolute Gasteiger partial charge is 0.313 e. The first kappa shape index (κ1) is 25.2. The largest absolute Gasteiger partial charge is 0.493 e. The molecule has 0 spiro atoms. The van der Waals surface area contributed by atoms with Crippen LogP contribution in [0.2, 0.25) is 0 Å². The normalized spacial score (nSPS) is 35.6. The quantitative estimate of drug-likeness (QED) is 0.375. The van der Waals surface area contributed by atoms with Gasteiger partial charge in [0.25, 0.3) is 0 Å². The number of fused-ring (bicyclic) bond motifs is 2. The fourth-order valence-electron chi connectivity index (χ4n) is 5.47. The summed E-state index contributed by atoms with van der Waals surface area (Å²) in [5, 5.41) is 39.8. The molecule has 12 nitrogen and oxygen atoms in total. The van der Waals surface area contributed by atoms with E-state index in [4.69, 9.17) is 33.2 Å². The SMILES string of the molecule is COc1cc([C@H]2OC[C@H]3[C@H]2C(=O)O[C@H]3c2ccc3c(c2)OCO3)ccc1O[C@H]1O[C@@H](CO)[C@@H](O)[C@H](O)[C@@H]1O. The number of carbonyl (C=O) groups is 1. The van der Waals surface area contributed by atoms with Crippen molar-refractivity contribution in [3.8, 4) is 23.0 Å². The second-order valence-electron chi connectivity index (χ2n) is 9.64. The predicted octanol–water partition coefficient (Wildman–Crippen LogP) is 0.204. The number of hydrogen-bond acceptors (Lipinski definition) is 12. The van der Waals surface area contributed by atoms with Crippen LogP contribution in [0, 0.1) is 11.8 Å². The minimum absolute atomic E-state index is 0.151. The summed E-state index contributed by atoms with van der Waals surface area (Å²) < 4.78 is 39.3. The van der Waals surface area contributed by atoms with E-state index in [1.165, 1.54) is 7.11 Å². The summed E-state index contributed by atoms with van der Waals surface area (Å²) in [6.07, 6.45) is -8.20. The van der Waals surface area contributed by atoms with E-state index in [0.717, 1.165) is 5.56 Å². The van der Waals surface area contributed by atoms with Crippen LogP contribution in [0.5, 0.6) is 23.0 Å². The summed E-state index contributed by atoms with van der Waals surface area (Å²) in [6, 6.07) is 10.4. The Morgan fingerprint density at radius 1 is 0.921 bits per heavy atom. The van der Waals surface area contributed by atoms with E-state index in [0.29, 0.717) is 23.7 Å². The van der Waals surface area contributed by atoms with Gasteiger partial charge in [0, 0.05) is 5.92 Å². The molecule has 4 heterocycles. The molecule has 0 amide bonds. The molecule has 9 atom stereocenters. The summed E-state index contributed by atoms with van der Waals surface area (Å²) in [5.74, 6) is 0.607. The molecule has 204 valence electrons. The third kappa shape index (κ3) is 4.13. The monoisotopic (exact) mass is 532 g/mol. The Labute approximate surface area is 217 Å². The number of ether oxygens (including phenoxy) is 7. The zero-order chi connectivity index (χ0) is 26.6. The van der Waals surface area contributed by atoms with Gasteiger partial charge in [0.05, 0.1) is 32.3 Å². The number of aliphatic hydroxyl groups is 4. The molecule has 0 aliphatic carbocycles. The number of aliphatic hydroxyl groups excluding tert-OH is 4. The number of benzene rings is 2. The average molecular weight is 532 g/mol. The van der Waals surface area contributed by atoms with E-state index in [9.17, 15) is 25.2 Å². The summed E-state index contributed by atoms with van der Waals surface area (Å²) >= 11 is 0. The predicted molar refractivity (Wildman–Crippen MR) is 124 cm³/mol. The van der Waals surface area contributed by atoms with Crippen molar-refractivity contribution in [3.05, 3.63) is 47.5 Å². The molecule has 3 saturated heterocycles. The second-order valence-corrected chi connectivity index (χ2v) is 9.64. The molecule has 0 unspecified atom stereocenters. The fraction of sp³-hybridized carbons (Fsp3) is 0.500. The number of cyclic esters (lactones) is 1. The Balaban J connectivity index is 1.21. The van der Waals surface area contributed by atoms with E-state index < -0.39 is 55.4 Å². The Hall–Kier alpha value is -3.13. The highest BCUT2D eigenvalue weighted by Gasteiger charge is 2.54. The van der Waals surface area contributed by atoms with Crippen LogP contribution in [0.25, 0.3) is 0 Å². The van der Waals surface area contributed by atoms with Gasteiger partial charge in [-0.3, -0.25) is 4.79 Å². The number of esters is 1. The first-order valence-corrected chi connectivity index (χ1v) is 12.3. The van der Waals surface area contributed by atoms with Crippen molar-refractivity contribution in [2.24, 2.45) is 11.8 Å². The van der Waals surface area contributed by atoms with Crippen LogP contribution in [0.1, 0.15) is 23.3 Å². The van der Waals surface area contributed by atoms with Gasteiger partial charge < -0.3 is 53.6 Å². The van der Waals surface area contributed by atoms with Crippen LogP contribution < -0.4 is 18.9 Å². The van der Waals surface area contributed by atoms with Crippen molar-refractivity contribution < 1.29 is 58.4 Å². The van der Waals surface area contributed by atoms with Gasteiger partial charge in [-0.05, 0) is 35.4 Å². The van der Waals surface area contributed by atoms with Crippen molar-refractivity contribution in [3.63, 3.8) is 0 Å². The number of methoxy groups -OCH3 is 1. The van der Waals surface area contributed by atoms with Gasteiger partial charge >= 0.3 is 5.97 Å². The van der Waals surface area contributed by atoms with E-state index in [1.54, 1.807) is 24.3 Å². The maximum Gasteiger partial charge on any atom is 0.313 e. The maximum atomic E-state index is 13.0. The standard InChI is InChI=1S/C26H28O12/c1-32-16-6-12(3-5-15(16)36-26-22(30)21(29)20(28)18(8-27)37-26)24-19-13(9-33-24)23(38-25(19)31)11-2-4-14-17(7-11)35-10-34-14/h2-7,13,18-24,26-30H,8-10H2,1H3/t13-,18-,19+,20+,21-,22-,23-,24+,26-/m0/s1. The average Bonchev–Trinajstić information content (AvgIpc) is 3.65. The molecule has 4 aliphatic heterocycles. The molecule has 12 heteroatoms. The van der Waals surface area contributed by atoms with Crippen molar-refractivity contribution in [1.29, 1.82) is 0 Å². The van der Waals surface area contributed by atoms with Gasteiger partial charge in [-0.2, -0.15) is 0 Å². The maximum absolute atomic E-state index is 13.0. The Morgan fingerprint density at radius 3 is 2.47 bits per heavy atom. The summed E-state index contributed by atoms with van der Waals surface area (Å²) in [6.45, 7) is -0.115. The Bertz CT molecular complexity index is 1200. The molecule has 4 aliphatic rings. The lowest BCUT2D eigenvalue weighted by atomic mass is 9.84. The van der Waals surface area contributed by atoms with Gasteiger partial charge in [-0.25, -0.2) is 0 Å². The first-order chi connectivity index (χ1) is 18.4. The molecule has 2 aromatic rings. The van der Waals surface area contributed by atoms with E-state index in [-0.39, 0.29) is 30.2 Å². The van der Waals surface area contributed by atoms with Crippen LogP contribution in [0.4, 0.5) is 0 Å². The highest BCUT2D eigenvalue weighted by molar-refractivity contribution is 5.77. The molecule has 0 radical (unpaired) electrons. The van der Waals surface area contributed by atoms with Crippen molar-refractivity contribution in [2.75, 3.05) is 27.1 Å². The number of rotatable bonds is 6. The van der Waals surface area contributed by atoms with Crippen molar-refractivity contribution >= 4 is 5.97 Å². The van der Waals surface area contributed by atoms with Gasteiger partial charge in [-0.1, -0.05) is 12.1 Å². The van der Waals surface area contributed by atoms with E-state index >= 15 is 0 Å². The molecule has 0 bridgehead atoms. The van der Waals surface area contributed by atoms with Gasteiger partial charge in [-0.15, -0.1) is 0 Å². The second kappa shape index (κ2) is 9.88. The lowest BCUT2D eigenvalue weighted by Crippen LogP contribution is -2.60. The van der Waals surface area contributed by atoms with Gasteiger partial charge in [0.1, 0.15) is 30.5 Å². The molecule has 3 fully saturated rings. The number of carbonyl (C=O) groups excluding carboxylic acids is 1. The number of hydrogen-bond donors (Lipinski definition) is 4. The molecule has 4 N–H and O–H groups in total. The molecule has 0 saturated carbocycles. The summed E-state index contributed by atoms with van der Waals surface area (Å²) in [4.78, 5) is 13.0. The minimum atomic E-state index is -1.58. The zero-order valence-electron chi connectivity index (χ0n) is 20.3. The molecule has 0 aromatic heterocycles. The Kier molecular flexibility index (Phi) is 6.54. The minimum Gasteiger partial charge on any atom is -0.493 e. The highest BCUT2D eigenvalue weighted by Crippen LogP contribution is 2.52. The lowest BCUT2D eigenvalue weighted by Gasteiger charge is -2.39. The summed E-state index contributed by atoms with van der Waals surface area (Å²) in [5.41, 5.74) is 1.47. The first-order valence-electron chi connectivity index (χ1n) is 12.3. The van der Waals surface area contributed by atoms with Crippen LogP contribution in [0.15, 0.2) is 36.4 Å². The van der Waals surface area contributed by atoms with Crippen molar-refractivity contribution in [2.45, 2.75) is 42.9 Å². The van der Waals surface area contributed by atoms with Crippen LogP contribution in [0.3, 0.4) is 0 Å². The van der Waals surface area contributed by atoms with Crippen LogP contribution >= 0.6 is 0 Å². The topological polar surface area (TPSA) is 163 Å². The molecule has 6 rings (SSSR count). The fourth-order valence-corrected chi connectivity index (χ4v) is 5.47. The van der Waals surface area contributed by atoms with Crippen LogP contribution in [-0.2, 0) is 19.0 Å². The highest BCUT2D eigenvalue weighted by atomic mass is 16.7. The zero-order valence-corrected chi connectivity index (χ0v) is 20.3.